The Morgan fingerprint density at radius 2 is 2.54 bits per heavy atom. The summed E-state index contributed by atoms with van der Waals surface area (Å²) in [4.78, 5) is 11.0. The monoisotopic (exact) mass is 182 g/mol. The van der Waals surface area contributed by atoms with Crippen molar-refractivity contribution in [1.82, 2.24) is 5.01 Å². The van der Waals surface area contributed by atoms with Crippen LogP contribution in [0.1, 0.15) is 19.8 Å². The Morgan fingerprint density at radius 3 is 3.15 bits per heavy atom. The van der Waals surface area contributed by atoms with Crippen LogP contribution in [0.2, 0.25) is 0 Å². The largest absolute Gasteiger partial charge is 0.378 e. The summed E-state index contributed by atoms with van der Waals surface area (Å²) in [6.07, 6.45) is 3.67. The van der Waals surface area contributed by atoms with Gasteiger partial charge in [-0.3, -0.25) is 9.80 Å². The van der Waals surface area contributed by atoms with Crippen LogP contribution in [0.15, 0.2) is 5.10 Å². The fourth-order valence-corrected chi connectivity index (χ4v) is 1.85. The fraction of sp³-hybridized carbons (Fsp3) is 0.778. The summed E-state index contributed by atoms with van der Waals surface area (Å²) in [7, 11) is 0. The number of carbonyl (C=O) groups excluding carboxylic acids is 1. The van der Waals surface area contributed by atoms with Crippen LogP contribution in [0.5, 0.6) is 0 Å². The number of ether oxygens (including phenoxy) is 1. The number of nitrogens with zero attached hydrogens (tertiary/aromatic N) is 2. The van der Waals surface area contributed by atoms with Gasteiger partial charge in [-0.05, 0) is 19.8 Å². The Labute approximate surface area is 77.5 Å². The highest BCUT2D eigenvalue weighted by atomic mass is 16.5. The molecule has 4 heteroatoms. The Hall–Kier alpha value is -0.900. The number of hydrogen-bond donors (Lipinski definition) is 0. The van der Waals surface area contributed by atoms with E-state index in [2.05, 4.69) is 12.0 Å². The number of rotatable bonds is 1. The maximum absolute atomic E-state index is 11.0. The average Bonchev–Trinajstić information content (AvgIpc) is 2.52. The number of Topliss-reactive ketones (excluding diaryl/α,β-unsaturated/α-hetero) is 1. The Kier molecular flexibility index (Phi) is 2.31. The van der Waals surface area contributed by atoms with Crippen LogP contribution < -0.4 is 0 Å². The van der Waals surface area contributed by atoms with Crippen LogP contribution in [0.25, 0.3) is 0 Å². The zero-order chi connectivity index (χ0) is 9.26. The number of ketones is 1. The summed E-state index contributed by atoms with van der Waals surface area (Å²) in [6, 6.07) is 0.395. The molecule has 0 spiro atoms. The predicted molar refractivity (Wildman–Crippen MR) is 48.6 cm³/mol. The van der Waals surface area contributed by atoms with Crippen LogP contribution in [0.3, 0.4) is 0 Å². The first-order chi connectivity index (χ1) is 6.25. The fourth-order valence-electron chi connectivity index (χ4n) is 1.85. The summed E-state index contributed by atoms with van der Waals surface area (Å²) in [5.74, 6) is 0.110. The van der Waals surface area contributed by atoms with Crippen LogP contribution in [-0.4, -0.2) is 42.3 Å². The molecule has 2 heterocycles. The molecule has 4 nitrogen and oxygen atoms in total. The van der Waals surface area contributed by atoms with Crippen molar-refractivity contribution in [2.24, 2.45) is 5.10 Å². The average molecular weight is 182 g/mol. The van der Waals surface area contributed by atoms with E-state index in [-0.39, 0.29) is 5.78 Å². The van der Waals surface area contributed by atoms with Crippen LogP contribution in [0, 0.1) is 0 Å². The smallest absolute Gasteiger partial charge is 0.196 e. The molecule has 0 aliphatic carbocycles. The van der Waals surface area contributed by atoms with Crippen molar-refractivity contribution in [3.05, 3.63) is 0 Å². The van der Waals surface area contributed by atoms with Crippen LogP contribution in [0.4, 0.5) is 0 Å². The lowest BCUT2D eigenvalue weighted by Gasteiger charge is -2.32. The second-order valence-corrected chi connectivity index (χ2v) is 3.67. The Bertz CT molecular complexity index is 240. The number of hydrazone groups is 1. The van der Waals surface area contributed by atoms with E-state index in [4.69, 9.17) is 4.74 Å². The summed E-state index contributed by atoms with van der Waals surface area (Å²) < 4.78 is 5.43. The highest BCUT2D eigenvalue weighted by Gasteiger charge is 2.27. The quantitative estimate of drug-likeness (QED) is 0.590. The molecule has 2 rings (SSSR count). The van der Waals surface area contributed by atoms with E-state index in [1.165, 1.54) is 6.21 Å². The molecule has 0 bridgehead atoms. The van der Waals surface area contributed by atoms with Gasteiger partial charge in [0, 0.05) is 6.61 Å². The van der Waals surface area contributed by atoms with Crippen molar-refractivity contribution in [3.8, 4) is 0 Å². The summed E-state index contributed by atoms with van der Waals surface area (Å²) in [5, 5.41) is 5.97. The molecular weight excluding hydrogens is 168 g/mol. The second kappa shape index (κ2) is 3.46. The lowest BCUT2D eigenvalue weighted by molar-refractivity contribution is -0.113. The molecule has 2 atom stereocenters. The molecule has 0 saturated carbocycles. The lowest BCUT2D eigenvalue weighted by atomic mass is 10.0. The molecule has 1 fully saturated rings. The summed E-state index contributed by atoms with van der Waals surface area (Å²) >= 11 is 0. The van der Waals surface area contributed by atoms with Crippen LogP contribution >= 0.6 is 0 Å². The van der Waals surface area contributed by atoms with E-state index in [0.717, 1.165) is 19.4 Å². The van der Waals surface area contributed by atoms with E-state index in [1.807, 2.05) is 5.01 Å². The number of hydrogen-bond acceptors (Lipinski definition) is 4. The molecule has 0 radical (unpaired) electrons. The topological polar surface area (TPSA) is 41.9 Å². The van der Waals surface area contributed by atoms with Gasteiger partial charge < -0.3 is 4.74 Å². The first-order valence-electron chi connectivity index (χ1n) is 4.71. The second-order valence-electron chi connectivity index (χ2n) is 3.67. The zero-order valence-electron chi connectivity index (χ0n) is 7.77. The van der Waals surface area contributed by atoms with Crippen molar-refractivity contribution in [1.29, 1.82) is 0 Å². The molecule has 13 heavy (non-hydrogen) atoms. The number of carbonyl (C=O) groups is 1. The highest BCUT2D eigenvalue weighted by Crippen LogP contribution is 2.20. The van der Waals surface area contributed by atoms with Gasteiger partial charge in [-0.15, -0.1) is 0 Å². The molecule has 0 amide bonds. The minimum atomic E-state index is 0.110. The lowest BCUT2D eigenvalue weighted by Crippen LogP contribution is -2.38. The third-order valence-electron chi connectivity index (χ3n) is 2.55. The van der Waals surface area contributed by atoms with E-state index >= 15 is 0 Å². The van der Waals surface area contributed by atoms with Gasteiger partial charge in [-0.2, -0.15) is 5.10 Å². The van der Waals surface area contributed by atoms with Gasteiger partial charge in [0.15, 0.2) is 5.78 Å². The summed E-state index contributed by atoms with van der Waals surface area (Å²) in [5.41, 5.74) is 0. The zero-order valence-corrected chi connectivity index (χ0v) is 7.77. The van der Waals surface area contributed by atoms with Gasteiger partial charge in [0.25, 0.3) is 0 Å². The molecule has 0 aromatic carbocycles. The van der Waals surface area contributed by atoms with Crippen LogP contribution in [-0.2, 0) is 9.53 Å². The molecule has 0 N–H and O–H groups in total. The van der Waals surface area contributed by atoms with Gasteiger partial charge in [-0.25, -0.2) is 0 Å². The molecule has 1 saturated heterocycles. The first kappa shape index (κ1) is 8.69. The van der Waals surface area contributed by atoms with Gasteiger partial charge in [0.05, 0.1) is 18.4 Å². The van der Waals surface area contributed by atoms with E-state index in [1.54, 1.807) is 0 Å². The summed E-state index contributed by atoms with van der Waals surface area (Å²) in [6.45, 7) is 3.30. The maximum Gasteiger partial charge on any atom is 0.196 e. The van der Waals surface area contributed by atoms with Crippen molar-refractivity contribution in [2.45, 2.75) is 31.9 Å². The van der Waals surface area contributed by atoms with Gasteiger partial charge in [0.2, 0.25) is 0 Å². The van der Waals surface area contributed by atoms with Crippen molar-refractivity contribution < 1.29 is 9.53 Å². The highest BCUT2D eigenvalue weighted by molar-refractivity contribution is 6.29. The Balaban J connectivity index is 1.93. The van der Waals surface area contributed by atoms with Crippen molar-refractivity contribution in [3.63, 3.8) is 0 Å². The normalized spacial score (nSPS) is 34.2. The molecule has 72 valence electrons. The molecule has 2 aliphatic rings. The van der Waals surface area contributed by atoms with E-state index < -0.39 is 0 Å². The molecule has 0 aromatic rings. The SMILES string of the molecule is CC1CC(N2CC(=O)C=N2)CCO1. The minimum absolute atomic E-state index is 0.110. The van der Waals surface area contributed by atoms with Crippen molar-refractivity contribution >= 4 is 12.0 Å². The van der Waals surface area contributed by atoms with Gasteiger partial charge in [-0.1, -0.05) is 0 Å². The van der Waals surface area contributed by atoms with E-state index in [0.29, 0.717) is 18.7 Å². The standard InChI is InChI=1S/C9H14N2O2/c1-7-4-8(2-3-13-7)11-6-9(12)5-10-11/h5,7-8H,2-4,6H2,1H3. The van der Waals surface area contributed by atoms with E-state index in [9.17, 15) is 4.79 Å². The molecular formula is C9H14N2O2. The van der Waals surface area contributed by atoms with Gasteiger partial charge >= 0.3 is 0 Å². The van der Waals surface area contributed by atoms with Gasteiger partial charge in [0.1, 0.15) is 6.54 Å². The molecule has 2 unspecified atom stereocenters. The first-order valence-corrected chi connectivity index (χ1v) is 4.71. The Morgan fingerprint density at radius 1 is 1.69 bits per heavy atom. The third kappa shape index (κ3) is 1.88. The molecule has 0 aromatic heterocycles. The molecule has 2 aliphatic heterocycles. The predicted octanol–water partition coefficient (Wildman–Crippen LogP) is 0.424. The third-order valence-corrected chi connectivity index (χ3v) is 2.55. The minimum Gasteiger partial charge on any atom is -0.378 e. The van der Waals surface area contributed by atoms with Crippen molar-refractivity contribution in [2.75, 3.05) is 13.2 Å². The maximum atomic E-state index is 11.0.